The van der Waals surface area contributed by atoms with E-state index in [0.717, 1.165) is 24.6 Å². The lowest BCUT2D eigenvalue weighted by atomic mass is 10.0. The molecule has 0 aliphatic rings. The van der Waals surface area contributed by atoms with Crippen LogP contribution in [0.25, 0.3) is 0 Å². The van der Waals surface area contributed by atoms with Crippen LogP contribution in [0.2, 0.25) is 0 Å². The minimum Gasteiger partial charge on any atom is -0.307 e. The molecule has 0 spiro atoms. The molecular weight excluding hydrogens is 331 g/mol. The van der Waals surface area contributed by atoms with Gasteiger partial charge in [0.1, 0.15) is 0 Å². The van der Waals surface area contributed by atoms with Gasteiger partial charge in [-0.2, -0.15) is 13.2 Å². The molecule has 20 heavy (non-hydrogen) atoms. The number of rotatable bonds is 5. The summed E-state index contributed by atoms with van der Waals surface area (Å²) in [5, 5.41) is 3.26. The number of benzene rings is 1. The zero-order valence-electron chi connectivity index (χ0n) is 11.8. The van der Waals surface area contributed by atoms with E-state index in [1.54, 1.807) is 0 Å². The Balaban J connectivity index is 3.21. The molecule has 0 saturated heterocycles. The quantitative estimate of drug-likeness (QED) is 0.694. The second-order valence-electron chi connectivity index (χ2n) is 4.91. The van der Waals surface area contributed by atoms with Crippen molar-refractivity contribution in [1.82, 2.24) is 5.32 Å². The van der Waals surface area contributed by atoms with Crippen molar-refractivity contribution >= 4 is 15.9 Å². The van der Waals surface area contributed by atoms with E-state index in [0.29, 0.717) is 10.0 Å². The van der Waals surface area contributed by atoms with Crippen molar-refractivity contribution in [3.8, 4) is 0 Å². The predicted molar refractivity (Wildman–Crippen MR) is 79.6 cm³/mol. The van der Waals surface area contributed by atoms with Crippen molar-refractivity contribution in [2.45, 2.75) is 39.4 Å². The molecular formula is C15H19BrF3N. The molecule has 112 valence electrons. The van der Waals surface area contributed by atoms with E-state index in [1.807, 2.05) is 26.8 Å². The van der Waals surface area contributed by atoms with Crippen LogP contribution in [0.4, 0.5) is 13.2 Å². The summed E-state index contributed by atoms with van der Waals surface area (Å²) in [4.78, 5) is 0. The van der Waals surface area contributed by atoms with Crippen LogP contribution < -0.4 is 5.32 Å². The molecule has 0 aromatic heterocycles. The fraction of sp³-hybridized carbons (Fsp3) is 0.467. The molecule has 0 aliphatic heterocycles. The summed E-state index contributed by atoms with van der Waals surface area (Å²) < 4.78 is 39.2. The van der Waals surface area contributed by atoms with Crippen LogP contribution in [0.5, 0.6) is 0 Å². The van der Waals surface area contributed by atoms with Gasteiger partial charge in [0, 0.05) is 4.47 Å². The zero-order chi connectivity index (χ0) is 15.3. The van der Waals surface area contributed by atoms with Gasteiger partial charge in [0.05, 0.1) is 11.6 Å². The lowest BCUT2D eigenvalue weighted by molar-refractivity contribution is -0.137. The second-order valence-corrected chi connectivity index (χ2v) is 5.76. The summed E-state index contributed by atoms with van der Waals surface area (Å²) >= 11 is 3.34. The summed E-state index contributed by atoms with van der Waals surface area (Å²) in [6.45, 7) is 6.63. The van der Waals surface area contributed by atoms with Crippen LogP contribution in [-0.2, 0) is 6.18 Å². The Labute approximate surface area is 126 Å². The summed E-state index contributed by atoms with van der Waals surface area (Å²) in [6, 6.07) is 3.53. The maximum atomic E-state index is 12.8. The van der Waals surface area contributed by atoms with Gasteiger partial charge in [-0.1, -0.05) is 34.5 Å². The molecule has 0 amide bonds. The molecule has 1 aromatic carbocycles. The summed E-state index contributed by atoms with van der Waals surface area (Å²) in [5.74, 6) is 0. The maximum Gasteiger partial charge on any atom is 0.416 e. The third-order valence-electron chi connectivity index (χ3n) is 2.77. The fourth-order valence-electron chi connectivity index (χ4n) is 1.85. The molecule has 1 atom stereocenters. The lowest BCUT2D eigenvalue weighted by Gasteiger charge is -2.19. The average molecular weight is 350 g/mol. The van der Waals surface area contributed by atoms with Crippen molar-refractivity contribution in [2.24, 2.45) is 0 Å². The van der Waals surface area contributed by atoms with Gasteiger partial charge in [0.2, 0.25) is 0 Å². The summed E-state index contributed by atoms with van der Waals surface area (Å²) in [7, 11) is 0. The Bertz CT molecular complexity index is 476. The van der Waals surface area contributed by atoms with Crippen LogP contribution in [0.15, 0.2) is 34.3 Å². The van der Waals surface area contributed by atoms with Crippen molar-refractivity contribution in [1.29, 1.82) is 0 Å². The van der Waals surface area contributed by atoms with Gasteiger partial charge in [-0.25, -0.2) is 0 Å². The van der Waals surface area contributed by atoms with Gasteiger partial charge < -0.3 is 5.32 Å². The van der Waals surface area contributed by atoms with Gasteiger partial charge in [-0.05, 0) is 50.6 Å². The van der Waals surface area contributed by atoms with E-state index in [9.17, 15) is 13.2 Å². The molecule has 0 fully saturated rings. The first kappa shape index (κ1) is 17.2. The Kier molecular flexibility index (Phi) is 6.27. The van der Waals surface area contributed by atoms with Crippen LogP contribution in [0.1, 0.15) is 44.4 Å². The third kappa shape index (κ3) is 4.94. The Hall–Kier alpha value is -0.810. The molecule has 0 aliphatic carbocycles. The topological polar surface area (TPSA) is 12.0 Å². The molecule has 1 nitrogen and oxygen atoms in total. The third-order valence-corrected chi connectivity index (χ3v) is 3.49. The number of hydrogen-bond acceptors (Lipinski definition) is 1. The van der Waals surface area contributed by atoms with E-state index in [2.05, 4.69) is 21.2 Å². The number of alkyl halides is 3. The maximum absolute atomic E-state index is 12.8. The van der Waals surface area contributed by atoms with Gasteiger partial charge >= 0.3 is 6.18 Å². The lowest BCUT2D eigenvalue weighted by Crippen LogP contribution is -2.21. The minimum absolute atomic E-state index is 0.225. The standard InChI is InChI=1S/C15H19BrF3N/c1-4-7-20-14(8-10(2)3)12-9-11(15(17,18)19)5-6-13(12)16/h5-6,8-9,14,20H,4,7H2,1-3H3. The number of nitrogens with one attached hydrogen (secondary N) is 1. The van der Waals surface area contributed by atoms with E-state index in [-0.39, 0.29) is 6.04 Å². The normalized spacial score (nSPS) is 13.2. The summed E-state index contributed by atoms with van der Waals surface area (Å²) in [6.07, 6.45) is -1.46. The van der Waals surface area contributed by atoms with Crippen molar-refractivity contribution in [3.05, 3.63) is 45.4 Å². The molecule has 0 radical (unpaired) electrons. The second kappa shape index (κ2) is 7.27. The van der Waals surface area contributed by atoms with E-state index in [1.165, 1.54) is 12.1 Å². The van der Waals surface area contributed by atoms with Gasteiger partial charge in [-0.15, -0.1) is 0 Å². The predicted octanol–water partition coefficient (Wildman–Crippen LogP) is 5.47. The number of hydrogen-bond donors (Lipinski definition) is 1. The van der Waals surface area contributed by atoms with Crippen molar-refractivity contribution in [2.75, 3.05) is 6.54 Å². The van der Waals surface area contributed by atoms with Gasteiger partial charge in [0.15, 0.2) is 0 Å². The molecule has 0 bridgehead atoms. The van der Waals surface area contributed by atoms with Crippen molar-refractivity contribution < 1.29 is 13.2 Å². The van der Waals surface area contributed by atoms with Crippen LogP contribution in [0, 0.1) is 0 Å². The monoisotopic (exact) mass is 349 g/mol. The molecule has 0 saturated carbocycles. The van der Waals surface area contributed by atoms with Crippen LogP contribution in [-0.4, -0.2) is 6.54 Å². The highest BCUT2D eigenvalue weighted by Gasteiger charge is 2.31. The first-order valence-corrected chi connectivity index (χ1v) is 7.30. The van der Waals surface area contributed by atoms with Crippen molar-refractivity contribution in [3.63, 3.8) is 0 Å². The fourth-order valence-corrected chi connectivity index (χ4v) is 2.34. The largest absolute Gasteiger partial charge is 0.416 e. The van der Waals surface area contributed by atoms with E-state index >= 15 is 0 Å². The highest BCUT2D eigenvalue weighted by molar-refractivity contribution is 9.10. The SMILES string of the molecule is CCCNC(C=C(C)C)c1cc(C(F)(F)F)ccc1Br. The highest BCUT2D eigenvalue weighted by Crippen LogP contribution is 2.34. The summed E-state index contributed by atoms with van der Waals surface area (Å²) in [5.41, 5.74) is 1.04. The van der Waals surface area contributed by atoms with Gasteiger partial charge in [0.25, 0.3) is 0 Å². The molecule has 0 heterocycles. The Morgan fingerprint density at radius 1 is 1.35 bits per heavy atom. The van der Waals surface area contributed by atoms with Gasteiger partial charge in [-0.3, -0.25) is 0 Å². The molecule has 1 unspecified atom stereocenters. The van der Waals surface area contributed by atoms with Crippen LogP contribution in [0.3, 0.4) is 0 Å². The minimum atomic E-state index is -4.32. The molecule has 5 heteroatoms. The van der Waals surface area contributed by atoms with Crippen LogP contribution >= 0.6 is 15.9 Å². The molecule has 1 rings (SSSR count). The molecule has 1 N–H and O–H groups in total. The first-order valence-electron chi connectivity index (χ1n) is 6.50. The van der Waals surface area contributed by atoms with E-state index in [4.69, 9.17) is 0 Å². The highest BCUT2D eigenvalue weighted by atomic mass is 79.9. The molecule has 1 aromatic rings. The Morgan fingerprint density at radius 2 is 2.00 bits per heavy atom. The average Bonchev–Trinajstić information content (AvgIpc) is 2.33. The first-order chi connectivity index (χ1) is 9.25. The number of halogens is 4. The zero-order valence-corrected chi connectivity index (χ0v) is 13.4. The number of allylic oxidation sites excluding steroid dienone is 1. The van der Waals surface area contributed by atoms with E-state index < -0.39 is 11.7 Å². The Morgan fingerprint density at radius 3 is 2.50 bits per heavy atom. The smallest absolute Gasteiger partial charge is 0.307 e.